The van der Waals surface area contributed by atoms with Crippen LogP contribution in [-0.2, 0) is 0 Å². The van der Waals surface area contributed by atoms with Crippen molar-refractivity contribution in [2.75, 3.05) is 0 Å². The van der Waals surface area contributed by atoms with Crippen molar-refractivity contribution in [2.45, 2.75) is 13.8 Å². The number of hydrogen-bond donors (Lipinski definition) is 1. The number of benzene rings is 1. The summed E-state index contributed by atoms with van der Waals surface area (Å²) in [6.45, 7) is 3.94. The minimum atomic E-state index is 0.777. The number of aldehydes is 1. The van der Waals surface area contributed by atoms with E-state index in [0.29, 0.717) is 0 Å². The molecule has 0 saturated carbocycles. The van der Waals surface area contributed by atoms with Crippen molar-refractivity contribution in [3.63, 3.8) is 0 Å². The van der Waals surface area contributed by atoms with Crippen molar-refractivity contribution in [1.29, 1.82) is 0 Å². The van der Waals surface area contributed by atoms with Gasteiger partial charge in [-0.2, -0.15) is 0 Å². The molecular formula is C11H11NO. The Balaban J connectivity index is 2.88. The van der Waals surface area contributed by atoms with E-state index >= 15 is 0 Å². The smallest absolute Gasteiger partial charge is 0.152 e. The lowest BCUT2D eigenvalue weighted by Crippen LogP contribution is -1.80. The number of nitrogens with one attached hydrogen (secondary N) is 1. The van der Waals surface area contributed by atoms with Crippen molar-refractivity contribution < 1.29 is 4.79 Å². The lowest BCUT2D eigenvalue weighted by atomic mass is 10.1. The van der Waals surface area contributed by atoms with Crippen molar-refractivity contribution in [2.24, 2.45) is 0 Å². The molecule has 1 aromatic heterocycles. The first-order chi connectivity index (χ1) is 6.22. The molecule has 0 saturated heterocycles. The summed E-state index contributed by atoms with van der Waals surface area (Å²) in [5.74, 6) is 0. The third-order valence-electron chi connectivity index (χ3n) is 2.31. The molecule has 0 aliphatic carbocycles. The van der Waals surface area contributed by atoms with Gasteiger partial charge in [0.05, 0.1) is 0 Å². The molecule has 0 aliphatic rings. The predicted octanol–water partition coefficient (Wildman–Crippen LogP) is 2.60. The summed E-state index contributed by atoms with van der Waals surface area (Å²) in [5, 5.41) is 1.02. The van der Waals surface area contributed by atoms with Crippen LogP contribution in [0.4, 0.5) is 0 Å². The van der Waals surface area contributed by atoms with E-state index in [-0.39, 0.29) is 0 Å². The summed E-state index contributed by atoms with van der Waals surface area (Å²) in [4.78, 5) is 14.0. The number of carbonyl (C=O) groups is 1. The molecule has 2 nitrogen and oxygen atoms in total. The van der Waals surface area contributed by atoms with Gasteiger partial charge in [0.25, 0.3) is 0 Å². The van der Waals surface area contributed by atoms with Crippen molar-refractivity contribution >= 4 is 17.2 Å². The van der Waals surface area contributed by atoms with Crippen LogP contribution in [0.1, 0.15) is 21.6 Å². The van der Waals surface area contributed by atoms with Gasteiger partial charge in [0.15, 0.2) is 6.29 Å². The standard InChI is InChI=1S/C11H11NO/c1-7-3-4-11-9(5-7)10(6-13)8(2)12-11/h3-6,12H,1-2H3. The van der Waals surface area contributed by atoms with Crippen molar-refractivity contribution in [3.05, 3.63) is 35.0 Å². The number of carbonyl (C=O) groups excluding carboxylic acids is 1. The number of aryl methyl sites for hydroxylation is 2. The lowest BCUT2D eigenvalue weighted by Gasteiger charge is -1.92. The van der Waals surface area contributed by atoms with Crippen LogP contribution in [0.5, 0.6) is 0 Å². The van der Waals surface area contributed by atoms with Gasteiger partial charge in [0, 0.05) is 22.2 Å². The number of fused-ring (bicyclic) bond motifs is 1. The summed E-state index contributed by atoms with van der Waals surface area (Å²) < 4.78 is 0. The van der Waals surface area contributed by atoms with E-state index in [9.17, 15) is 4.79 Å². The van der Waals surface area contributed by atoms with E-state index in [1.807, 2.05) is 32.0 Å². The van der Waals surface area contributed by atoms with Gasteiger partial charge >= 0.3 is 0 Å². The Morgan fingerprint density at radius 2 is 2.08 bits per heavy atom. The third-order valence-corrected chi connectivity index (χ3v) is 2.31. The number of aromatic amines is 1. The topological polar surface area (TPSA) is 32.9 Å². The highest BCUT2D eigenvalue weighted by Gasteiger charge is 2.06. The first-order valence-corrected chi connectivity index (χ1v) is 4.26. The zero-order valence-corrected chi connectivity index (χ0v) is 7.72. The van der Waals surface area contributed by atoms with Crippen LogP contribution in [0.15, 0.2) is 18.2 Å². The molecule has 1 heterocycles. The van der Waals surface area contributed by atoms with E-state index in [1.54, 1.807) is 0 Å². The fourth-order valence-electron chi connectivity index (χ4n) is 1.61. The Kier molecular flexibility index (Phi) is 1.69. The maximum atomic E-state index is 10.8. The van der Waals surface area contributed by atoms with Gasteiger partial charge in [-0.05, 0) is 26.0 Å². The van der Waals surface area contributed by atoms with Crippen molar-refractivity contribution in [3.8, 4) is 0 Å². The highest BCUT2D eigenvalue weighted by Crippen LogP contribution is 2.21. The molecule has 0 aliphatic heterocycles. The zero-order valence-electron chi connectivity index (χ0n) is 7.72. The Hall–Kier alpha value is -1.57. The van der Waals surface area contributed by atoms with E-state index in [4.69, 9.17) is 0 Å². The number of rotatable bonds is 1. The van der Waals surface area contributed by atoms with Crippen LogP contribution < -0.4 is 0 Å². The average Bonchev–Trinajstić information content (AvgIpc) is 2.40. The van der Waals surface area contributed by atoms with E-state index < -0.39 is 0 Å². The van der Waals surface area contributed by atoms with E-state index in [0.717, 1.165) is 28.4 Å². The summed E-state index contributed by atoms with van der Waals surface area (Å²) >= 11 is 0. The van der Waals surface area contributed by atoms with Crippen LogP contribution in [0.2, 0.25) is 0 Å². The average molecular weight is 173 g/mol. The highest BCUT2D eigenvalue weighted by molar-refractivity contribution is 5.99. The molecule has 0 atom stereocenters. The van der Waals surface area contributed by atoms with E-state index in [2.05, 4.69) is 4.98 Å². The molecule has 1 N–H and O–H groups in total. The van der Waals surface area contributed by atoms with Crippen LogP contribution in [-0.4, -0.2) is 11.3 Å². The molecule has 0 fully saturated rings. The second-order valence-electron chi connectivity index (χ2n) is 3.33. The SMILES string of the molecule is Cc1ccc2[nH]c(C)c(C=O)c2c1. The van der Waals surface area contributed by atoms with Gasteiger partial charge in [-0.15, -0.1) is 0 Å². The Bertz CT molecular complexity index is 468. The maximum absolute atomic E-state index is 10.8. The molecule has 13 heavy (non-hydrogen) atoms. The minimum absolute atomic E-state index is 0.777. The first-order valence-electron chi connectivity index (χ1n) is 4.26. The number of hydrogen-bond acceptors (Lipinski definition) is 1. The Morgan fingerprint density at radius 3 is 2.77 bits per heavy atom. The van der Waals surface area contributed by atoms with Crippen LogP contribution >= 0.6 is 0 Å². The molecule has 0 unspecified atom stereocenters. The van der Waals surface area contributed by atoms with Gasteiger partial charge < -0.3 is 4.98 Å². The van der Waals surface area contributed by atoms with Gasteiger partial charge in [-0.25, -0.2) is 0 Å². The molecule has 0 amide bonds. The monoisotopic (exact) mass is 173 g/mol. The highest BCUT2D eigenvalue weighted by atomic mass is 16.1. The molecule has 0 bridgehead atoms. The number of aromatic nitrogens is 1. The second kappa shape index (κ2) is 2.73. The second-order valence-corrected chi connectivity index (χ2v) is 3.33. The molecule has 1 aromatic carbocycles. The van der Waals surface area contributed by atoms with Gasteiger partial charge in [0.1, 0.15) is 0 Å². The normalized spacial score (nSPS) is 10.6. The molecular weight excluding hydrogens is 162 g/mol. The van der Waals surface area contributed by atoms with Crippen LogP contribution in [0, 0.1) is 13.8 Å². The minimum Gasteiger partial charge on any atom is -0.358 e. The summed E-state index contributed by atoms with van der Waals surface area (Å²) in [7, 11) is 0. The first kappa shape index (κ1) is 8.05. The molecule has 66 valence electrons. The third kappa shape index (κ3) is 1.15. The lowest BCUT2D eigenvalue weighted by molar-refractivity contribution is 0.112. The Morgan fingerprint density at radius 1 is 1.31 bits per heavy atom. The van der Waals surface area contributed by atoms with E-state index in [1.165, 1.54) is 5.56 Å². The predicted molar refractivity (Wildman–Crippen MR) is 53.2 cm³/mol. The Labute approximate surface area is 76.6 Å². The maximum Gasteiger partial charge on any atom is 0.152 e. The van der Waals surface area contributed by atoms with Gasteiger partial charge in [-0.1, -0.05) is 11.6 Å². The fourth-order valence-corrected chi connectivity index (χ4v) is 1.61. The quantitative estimate of drug-likeness (QED) is 0.660. The van der Waals surface area contributed by atoms with Crippen molar-refractivity contribution in [1.82, 2.24) is 4.98 Å². The molecule has 2 heteroatoms. The van der Waals surface area contributed by atoms with Gasteiger partial charge in [0.2, 0.25) is 0 Å². The summed E-state index contributed by atoms with van der Waals surface area (Å²) in [6.07, 6.45) is 0.910. The van der Waals surface area contributed by atoms with Gasteiger partial charge in [-0.3, -0.25) is 4.79 Å². The fraction of sp³-hybridized carbons (Fsp3) is 0.182. The number of H-pyrrole nitrogens is 1. The molecule has 2 rings (SSSR count). The molecule has 0 spiro atoms. The van der Waals surface area contributed by atoms with Crippen LogP contribution in [0.3, 0.4) is 0 Å². The molecule has 2 aromatic rings. The molecule has 0 radical (unpaired) electrons. The largest absolute Gasteiger partial charge is 0.358 e. The summed E-state index contributed by atoms with van der Waals surface area (Å²) in [6, 6.07) is 6.07. The van der Waals surface area contributed by atoms with Crippen LogP contribution in [0.25, 0.3) is 10.9 Å². The zero-order chi connectivity index (χ0) is 9.42. The summed E-state index contributed by atoms with van der Waals surface area (Å²) in [5.41, 5.74) is 3.93.